The van der Waals surface area contributed by atoms with Crippen LogP contribution in [0.4, 0.5) is 0 Å². The van der Waals surface area contributed by atoms with Crippen molar-refractivity contribution >= 4 is 6.08 Å². The van der Waals surface area contributed by atoms with Gasteiger partial charge in [-0.1, -0.05) is 109 Å². The van der Waals surface area contributed by atoms with Gasteiger partial charge in [-0.25, -0.2) is 0 Å². The summed E-state index contributed by atoms with van der Waals surface area (Å²) < 4.78 is 0. The van der Waals surface area contributed by atoms with Gasteiger partial charge in [0, 0.05) is 11.8 Å². The number of benzene rings is 3. The van der Waals surface area contributed by atoms with Crippen molar-refractivity contribution in [1.82, 2.24) is 0 Å². The van der Waals surface area contributed by atoms with Crippen LogP contribution >= 0.6 is 0 Å². The zero-order chi connectivity index (χ0) is 16.9. The van der Waals surface area contributed by atoms with Gasteiger partial charge < -0.3 is 0 Å². The monoisotopic (exact) mass is 324 g/mol. The van der Waals surface area contributed by atoms with E-state index in [2.05, 4.69) is 97.1 Å². The summed E-state index contributed by atoms with van der Waals surface area (Å²) in [7, 11) is 0. The topological polar surface area (TPSA) is 0 Å². The highest BCUT2D eigenvalue weighted by atomic mass is 14.3. The van der Waals surface area contributed by atoms with Crippen molar-refractivity contribution in [3.8, 4) is 0 Å². The number of rotatable bonds is 3. The largest absolute Gasteiger partial charge is 0.0622 e. The SMILES string of the molecule is C(=C1C(c2ccccc2)CCCC1c1ccccc1)c1ccccc1. The van der Waals surface area contributed by atoms with Crippen molar-refractivity contribution < 1.29 is 0 Å². The van der Waals surface area contributed by atoms with E-state index in [1.807, 2.05) is 0 Å². The fourth-order valence-corrected chi connectivity index (χ4v) is 4.13. The molecule has 3 aromatic carbocycles. The zero-order valence-corrected chi connectivity index (χ0v) is 14.5. The van der Waals surface area contributed by atoms with E-state index in [-0.39, 0.29) is 0 Å². The first-order valence-corrected chi connectivity index (χ1v) is 9.28. The fraction of sp³-hybridized carbons (Fsp3) is 0.200. The van der Waals surface area contributed by atoms with Crippen molar-refractivity contribution in [3.05, 3.63) is 113 Å². The quantitative estimate of drug-likeness (QED) is 0.496. The summed E-state index contributed by atoms with van der Waals surface area (Å²) in [6.07, 6.45) is 6.21. The second-order valence-electron chi connectivity index (χ2n) is 6.91. The molecule has 2 atom stereocenters. The summed E-state index contributed by atoms with van der Waals surface area (Å²) in [5, 5.41) is 0. The van der Waals surface area contributed by atoms with Gasteiger partial charge in [0.2, 0.25) is 0 Å². The van der Waals surface area contributed by atoms with Crippen molar-refractivity contribution in [2.24, 2.45) is 0 Å². The Kier molecular flexibility index (Phi) is 4.79. The van der Waals surface area contributed by atoms with Crippen molar-refractivity contribution in [1.29, 1.82) is 0 Å². The Bertz CT molecular complexity index is 766. The van der Waals surface area contributed by atoms with E-state index in [9.17, 15) is 0 Å². The van der Waals surface area contributed by atoms with Gasteiger partial charge in [0.1, 0.15) is 0 Å². The molecule has 0 bridgehead atoms. The summed E-state index contributed by atoms with van der Waals surface area (Å²) >= 11 is 0. The van der Waals surface area contributed by atoms with Crippen LogP contribution in [-0.4, -0.2) is 0 Å². The standard InChI is InChI=1S/C25H24/c1-4-11-20(12-5-1)19-25-23(21-13-6-2-7-14-21)17-10-18-24(25)22-15-8-3-9-16-22/h1-9,11-16,19,23-24H,10,17-18H2. The van der Waals surface area contributed by atoms with E-state index < -0.39 is 0 Å². The van der Waals surface area contributed by atoms with E-state index in [1.54, 1.807) is 5.57 Å². The molecular formula is C25H24. The lowest BCUT2D eigenvalue weighted by atomic mass is 9.70. The van der Waals surface area contributed by atoms with Crippen LogP contribution in [0.25, 0.3) is 6.08 Å². The Morgan fingerprint density at radius 1 is 0.560 bits per heavy atom. The molecule has 1 aliphatic carbocycles. The third kappa shape index (κ3) is 3.58. The molecule has 0 saturated heterocycles. The minimum atomic E-state index is 0.514. The molecule has 3 aromatic rings. The first-order valence-electron chi connectivity index (χ1n) is 9.28. The lowest BCUT2D eigenvalue weighted by Crippen LogP contribution is -2.17. The molecule has 0 aromatic heterocycles. The lowest BCUT2D eigenvalue weighted by Gasteiger charge is -2.34. The molecule has 1 fully saturated rings. The van der Waals surface area contributed by atoms with Gasteiger partial charge in [-0.3, -0.25) is 0 Å². The van der Waals surface area contributed by atoms with Crippen LogP contribution in [0.1, 0.15) is 47.8 Å². The molecule has 1 aliphatic rings. The lowest BCUT2D eigenvalue weighted by molar-refractivity contribution is 0.497. The number of hydrogen-bond acceptors (Lipinski definition) is 0. The highest BCUT2D eigenvalue weighted by molar-refractivity contribution is 5.58. The van der Waals surface area contributed by atoms with Crippen molar-refractivity contribution in [2.45, 2.75) is 31.1 Å². The molecule has 0 amide bonds. The molecule has 0 radical (unpaired) electrons. The van der Waals surface area contributed by atoms with Crippen LogP contribution < -0.4 is 0 Å². The molecule has 0 heterocycles. The molecule has 0 spiro atoms. The molecule has 25 heavy (non-hydrogen) atoms. The van der Waals surface area contributed by atoms with Crippen LogP contribution in [0.2, 0.25) is 0 Å². The van der Waals surface area contributed by atoms with E-state index >= 15 is 0 Å². The Labute approximate surface area is 150 Å². The van der Waals surface area contributed by atoms with E-state index in [0.29, 0.717) is 11.8 Å². The molecule has 0 nitrogen and oxygen atoms in total. The van der Waals surface area contributed by atoms with Gasteiger partial charge in [-0.05, 0) is 29.5 Å². The van der Waals surface area contributed by atoms with Gasteiger partial charge in [0.05, 0.1) is 0 Å². The molecule has 1 saturated carbocycles. The minimum Gasteiger partial charge on any atom is -0.0622 e. The van der Waals surface area contributed by atoms with E-state index in [4.69, 9.17) is 0 Å². The number of hydrogen-bond donors (Lipinski definition) is 0. The van der Waals surface area contributed by atoms with E-state index in [0.717, 1.165) is 0 Å². The molecular weight excluding hydrogens is 300 g/mol. The number of allylic oxidation sites excluding steroid dienone is 1. The predicted octanol–water partition coefficient (Wildman–Crippen LogP) is 6.82. The maximum absolute atomic E-state index is 2.44. The first kappa shape index (κ1) is 15.9. The van der Waals surface area contributed by atoms with Gasteiger partial charge in [0.15, 0.2) is 0 Å². The van der Waals surface area contributed by atoms with Gasteiger partial charge in [0.25, 0.3) is 0 Å². The Balaban J connectivity index is 1.80. The second-order valence-corrected chi connectivity index (χ2v) is 6.91. The first-order chi connectivity index (χ1) is 12.4. The average Bonchev–Trinajstić information content (AvgIpc) is 2.70. The molecule has 0 aliphatic heterocycles. The average molecular weight is 324 g/mol. The third-order valence-electron chi connectivity index (χ3n) is 5.33. The summed E-state index contributed by atoms with van der Waals surface area (Å²) in [6, 6.07) is 32.8. The third-order valence-corrected chi connectivity index (χ3v) is 5.33. The Hall–Kier alpha value is -2.60. The fourth-order valence-electron chi connectivity index (χ4n) is 4.13. The summed E-state index contributed by atoms with van der Waals surface area (Å²) in [6.45, 7) is 0. The summed E-state index contributed by atoms with van der Waals surface area (Å²) in [5.41, 5.74) is 5.77. The minimum absolute atomic E-state index is 0.514. The van der Waals surface area contributed by atoms with E-state index in [1.165, 1.54) is 36.0 Å². The van der Waals surface area contributed by atoms with Gasteiger partial charge in [-0.15, -0.1) is 0 Å². The van der Waals surface area contributed by atoms with Gasteiger partial charge >= 0.3 is 0 Å². The maximum Gasteiger partial charge on any atom is 0.00576 e. The summed E-state index contributed by atoms with van der Waals surface area (Å²) in [4.78, 5) is 0. The predicted molar refractivity (Wildman–Crippen MR) is 107 cm³/mol. The maximum atomic E-state index is 2.44. The molecule has 124 valence electrons. The van der Waals surface area contributed by atoms with Crippen LogP contribution in [0.3, 0.4) is 0 Å². The second kappa shape index (κ2) is 7.53. The van der Waals surface area contributed by atoms with Crippen LogP contribution in [0, 0.1) is 0 Å². The highest BCUT2D eigenvalue weighted by Crippen LogP contribution is 2.46. The van der Waals surface area contributed by atoms with Gasteiger partial charge in [-0.2, -0.15) is 0 Å². The molecule has 4 rings (SSSR count). The Morgan fingerprint density at radius 2 is 1.00 bits per heavy atom. The van der Waals surface area contributed by atoms with Crippen molar-refractivity contribution in [3.63, 3.8) is 0 Å². The van der Waals surface area contributed by atoms with Crippen LogP contribution in [0.5, 0.6) is 0 Å². The van der Waals surface area contributed by atoms with Crippen molar-refractivity contribution in [2.75, 3.05) is 0 Å². The summed E-state index contributed by atoms with van der Waals surface area (Å²) in [5.74, 6) is 1.03. The zero-order valence-electron chi connectivity index (χ0n) is 14.5. The molecule has 0 N–H and O–H groups in total. The Morgan fingerprint density at radius 3 is 1.48 bits per heavy atom. The smallest absolute Gasteiger partial charge is 0.00576 e. The molecule has 2 unspecified atom stereocenters. The normalized spacial score (nSPS) is 20.2. The van der Waals surface area contributed by atoms with Crippen LogP contribution in [0.15, 0.2) is 96.6 Å². The highest BCUT2D eigenvalue weighted by Gasteiger charge is 2.29. The van der Waals surface area contributed by atoms with Crippen LogP contribution in [-0.2, 0) is 0 Å². The molecule has 0 heteroatoms.